The van der Waals surface area contributed by atoms with Crippen LogP contribution in [0.25, 0.3) is 11.3 Å². The van der Waals surface area contributed by atoms with Crippen molar-refractivity contribution in [2.75, 3.05) is 5.73 Å². The summed E-state index contributed by atoms with van der Waals surface area (Å²) >= 11 is 0. The molecule has 0 saturated heterocycles. The molecule has 76 valence electrons. The molecule has 0 fully saturated rings. The van der Waals surface area contributed by atoms with E-state index in [0.29, 0.717) is 0 Å². The number of nitrogens with zero attached hydrogens (tertiary/aromatic N) is 2. The van der Waals surface area contributed by atoms with Gasteiger partial charge in [-0.3, -0.25) is 14.8 Å². The molecule has 0 atom stereocenters. The van der Waals surface area contributed by atoms with Gasteiger partial charge in [0.1, 0.15) is 0 Å². The fraction of sp³-hybridized carbons (Fsp3) is 0.100. The zero-order valence-corrected chi connectivity index (χ0v) is 8.19. The molecule has 5 heteroatoms. The number of pyridine rings is 1. The van der Waals surface area contributed by atoms with Crippen LogP contribution in [0, 0.1) is 6.92 Å². The maximum absolute atomic E-state index is 11.1. The van der Waals surface area contributed by atoms with Gasteiger partial charge in [-0.15, -0.1) is 0 Å². The molecule has 0 aliphatic heterocycles. The van der Waals surface area contributed by atoms with Crippen LogP contribution in [-0.4, -0.2) is 15.0 Å². The lowest BCUT2D eigenvalue weighted by Gasteiger charge is -2.03. The maximum Gasteiger partial charge on any atom is 0.271 e. The van der Waals surface area contributed by atoms with E-state index >= 15 is 0 Å². The van der Waals surface area contributed by atoms with Gasteiger partial charge >= 0.3 is 0 Å². The van der Waals surface area contributed by atoms with E-state index in [1.807, 2.05) is 6.92 Å². The molecule has 15 heavy (non-hydrogen) atoms. The number of nitrogen functional groups attached to an aromatic ring is 1. The largest absolute Gasteiger partial charge is 0.394 e. The average molecular weight is 202 g/mol. The van der Waals surface area contributed by atoms with E-state index < -0.39 is 0 Å². The lowest BCUT2D eigenvalue weighted by molar-refractivity contribution is 1.12. The van der Waals surface area contributed by atoms with Crippen molar-refractivity contribution in [1.82, 2.24) is 15.0 Å². The maximum atomic E-state index is 11.1. The Bertz CT molecular complexity index is 547. The third-order valence-corrected chi connectivity index (χ3v) is 2.09. The van der Waals surface area contributed by atoms with Gasteiger partial charge in [-0.2, -0.15) is 0 Å². The minimum atomic E-state index is -0.291. The number of H-pyrrole nitrogens is 1. The normalized spacial score (nSPS) is 10.2. The van der Waals surface area contributed by atoms with Crippen molar-refractivity contribution in [3.05, 3.63) is 40.7 Å². The number of nitrogens with one attached hydrogen (secondary N) is 1. The number of hydrogen-bond donors (Lipinski definition) is 2. The van der Waals surface area contributed by atoms with Crippen LogP contribution in [0.3, 0.4) is 0 Å². The highest BCUT2D eigenvalue weighted by Gasteiger charge is 2.05. The second-order valence-electron chi connectivity index (χ2n) is 3.16. The first-order valence-electron chi connectivity index (χ1n) is 4.44. The second-order valence-corrected chi connectivity index (χ2v) is 3.16. The van der Waals surface area contributed by atoms with Crippen LogP contribution in [0.4, 0.5) is 5.69 Å². The molecule has 0 radical (unpaired) electrons. The van der Waals surface area contributed by atoms with Crippen molar-refractivity contribution in [2.24, 2.45) is 0 Å². The molecule has 3 N–H and O–H groups in total. The SMILES string of the molecule is Cc1nccnc1-c1c[nH]c(=O)c(N)c1. The van der Waals surface area contributed by atoms with E-state index in [1.165, 1.54) is 0 Å². The number of aromatic amines is 1. The highest BCUT2D eigenvalue weighted by molar-refractivity contribution is 5.63. The van der Waals surface area contributed by atoms with Crippen molar-refractivity contribution in [3.63, 3.8) is 0 Å². The number of hydrogen-bond acceptors (Lipinski definition) is 4. The highest BCUT2D eigenvalue weighted by atomic mass is 16.1. The monoisotopic (exact) mass is 202 g/mol. The molecule has 0 bridgehead atoms. The molecular weight excluding hydrogens is 192 g/mol. The Hall–Kier alpha value is -2.17. The van der Waals surface area contributed by atoms with Crippen LogP contribution in [0.1, 0.15) is 5.69 Å². The van der Waals surface area contributed by atoms with E-state index in [2.05, 4.69) is 15.0 Å². The molecule has 0 amide bonds. The van der Waals surface area contributed by atoms with E-state index in [9.17, 15) is 4.79 Å². The van der Waals surface area contributed by atoms with E-state index in [0.717, 1.165) is 17.0 Å². The summed E-state index contributed by atoms with van der Waals surface area (Å²) in [6, 6.07) is 1.59. The van der Waals surface area contributed by atoms with Gasteiger partial charge in [0, 0.05) is 24.2 Å². The Kier molecular flexibility index (Phi) is 2.21. The zero-order chi connectivity index (χ0) is 10.8. The summed E-state index contributed by atoms with van der Waals surface area (Å²) in [4.78, 5) is 21.9. The minimum Gasteiger partial charge on any atom is -0.394 e. The van der Waals surface area contributed by atoms with E-state index in [-0.39, 0.29) is 11.2 Å². The standard InChI is InChI=1S/C10H10N4O/c1-6-9(13-3-2-12-6)7-4-8(11)10(15)14-5-7/h2-5H,11H2,1H3,(H,14,15). The van der Waals surface area contributed by atoms with E-state index in [4.69, 9.17) is 5.73 Å². The summed E-state index contributed by atoms with van der Waals surface area (Å²) in [6.07, 6.45) is 4.80. The topological polar surface area (TPSA) is 84.7 Å². The highest BCUT2D eigenvalue weighted by Crippen LogP contribution is 2.18. The lowest BCUT2D eigenvalue weighted by Crippen LogP contribution is -2.10. The van der Waals surface area contributed by atoms with Crippen LogP contribution < -0.4 is 11.3 Å². The number of rotatable bonds is 1. The van der Waals surface area contributed by atoms with Crippen LogP contribution in [0.5, 0.6) is 0 Å². The predicted molar refractivity (Wildman–Crippen MR) is 57.2 cm³/mol. The Morgan fingerprint density at radius 3 is 2.73 bits per heavy atom. The Morgan fingerprint density at radius 2 is 2.07 bits per heavy atom. The molecule has 0 aliphatic carbocycles. The molecule has 0 aromatic carbocycles. The van der Waals surface area contributed by atoms with Crippen molar-refractivity contribution >= 4 is 5.69 Å². The number of aryl methyl sites for hydroxylation is 1. The first-order valence-corrected chi connectivity index (χ1v) is 4.44. The molecule has 0 aliphatic rings. The quantitative estimate of drug-likeness (QED) is 0.713. The molecule has 0 unspecified atom stereocenters. The number of anilines is 1. The van der Waals surface area contributed by atoms with Crippen molar-refractivity contribution in [3.8, 4) is 11.3 Å². The molecular formula is C10H10N4O. The summed E-state index contributed by atoms with van der Waals surface area (Å²) in [5.41, 5.74) is 7.68. The smallest absolute Gasteiger partial charge is 0.271 e. The van der Waals surface area contributed by atoms with Gasteiger partial charge in [-0.05, 0) is 13.0 Å². The predicted octanol–water partition coefficient (Wildman–Crippen LogP) is 0.723. The zero-order valence-electron chi connectivity index (χ0n) is 8.19. The molecule has 0 saturated carbocycles. The fourth-order valence-corrected chi connectivity index (χ4v) is 1.33. The summed E-state index contributed by atoms with van der Waals surface area (Å²) < 4.78 is 0. The van der Waals surface area contributed by atoms with Gasteiger partial charge in [-0.25, -0.2) is 0 Å². The first-order chi connectivity index (χ1) is 7.18. The van der Waals surface area contributed by atoms with Gasteiger partial charge in [0.25, 0.3) is 5.56 Å². The van der Waals surface area contributed by atoms with Gasteiger partial charge in [0.05, 0.1) is 17.1 Å². The van der Waals surface area contributed by atoms with Crippen LogP contribution in [0.15, 0.2) is 29.5 Å². The third kappa shape index (κ3) is 1.71. The van der Waals surface area contributed by atoms with Crippen LogP contribution in [0.2, 0.25) is 0 Å². The summed E-state index contributed by atoms with van der Waals surface area (Å²) in [5, 5.41) is 0. The van der Waals surface area contributed by atoms with Gasteiger partial charge in [-0.1, -0.05) is 0 Å². The molecule has 2 aromatic heterocycles. The summed E-state index contributed by atoms with van der Waals surface area (Å²) in [5.74, 6) is 0. The second kappa shape index (κ2) is 3.53. The van der Waals surface area contributed by atoms with Gasteiger partial charge in [0.2, 0.25) is 0 Å². The van der Waals surface area contributed by atoms with Crippen molar-refractivity contribution in [2.45, 2.75) is 6.92 Å². The third-order valence-electron chi connectivity index (χ3n) is 2.09. The number of aromatic nitrogens is 3. The minimum absolute atomic E-state index is 0.178. The van der Waals surface area contributed by atoms with Gasteiger partial charge < -0.3 is 10.7 Å². The average Bonchev–Trinajstić information content (AvgIpc) is 2.23. The van der Waals surface area contributed by atoms with Crippen molar-refractivity contribution < 1.29 is 0 Å². The molecule has 2 aromatic rings. The molecule has 5 nitrogen and oxygen atoms in total. The molecule has 2 heterocycles. The molecule has 0 spiro atoms. The van der Waals surface area contributed by atoms with Gasteiger partial charge in [0.15, 0.2) is 0 Å². The Balaban J connectivity index is 2.60. The first kappa shape index (κ1) is 9.39. The van der Waals surface area contributed by atoms with Crippen LogP contribution in [-0.2, 0) is 0 Å². The van der Waals surface area contributed by atoms with E-state index in [1.54, 1.807) is 24.7 Å². The summed E-state index contributed by atoms with van der Waals surface area (Å²) in [7, 11) is 0. The fourth-order valence-electron chi connectivity index (χ4n) is 1.33. The van der Waals surface area contributed by atoms with Crippen molar-refractivity contribution in [1.29, 1.82) is 0 Å². The Labute approximate surface area is 86.0 Å². The summed E-state index contributed by atoms with van der Waals surface area (Å²) in [6.45, 7) is 1.85. The Morgan fingerprint density at radius 1 is 1.33 bits per heavy atom. The van der Waals surface area contributed by atoms with Crippen LogP contribution >= 0.6 is 0 Å². The lowest BCUT2D eigenvalue weighted by atomic mass is 10.1. The molecule has 2 rings (SSSR count). The number of nitrogens with two attached hydrogens (primary N) is 1.